The van der Waals surface area contributed by atoms with Crippen molar-refractivity contribution in [1.82, 2.24) is 0 Å². The van der Waals surface area contributed by atoms with E-state index in [0.29, 0.717) is 21.3 Å². The molecule has 0 aromatic heterocycles. The molecule has 1 saturated heterocycles. The van der Waals surface area contributed by atoms with Crippen molar-refractivity contribution < 1.29 is 19.1 Å². The van der Waals surface area contributed by atoms with Gasteiger partial charge >= 0.3 is 5.97 Å². The zero-order valence-electron chi connectivity index (χ0n) is 22.1. The molecule has 2 heterocycles. The van der Waals surface area contributed by atoms with Gasteiger partial charge in [-0.1, -0.05) is 42.5 Å². The van der Waals surface area contributed by atoms with Crippen molar-refractivity contribution in [3.8, 4) is 11.8 Å². The third-order valence-corrected chi connectivity index (χ3v) is 8.35. The summed E-state index contributed by atoms with van der Waals surface area (Å²) in [6, 6.07) is 21.3. The van der Waals surface area contributed by atoms with Gasteiger partial charge in [-0.05, 0) is 63.5 Å². The molecule has 0 saturated carbocycles. The number of methoxy groups -OCH3 is 2. The van der Waals surface area contributed by atoms with Gasteiger partial charge in [-0.15, -0.1) is 0 Å². The van der Waals surface area contributed by atoms with Crippen LogP contribution in [-0.4, -0.2) is 52.2 Å². The third kappa shape index (κ3) is 4.09. The molecule has 4 atom stereocenters. The van der Waals surface area contributed by atoms with Crippen LogP contribution in [0.4, 0.5) is 11.4 Å². The Morgan fingerprint density at radius 2 is 1.77 bits per heavy atom. The van der Waals surface area contributed by atoms with E-state index in [1.807, 2.05) is 84.6 Å². The zero-order chi connectivity index (χ0) is 27.9. The first kappa shape index (κ1) is 26.5. The Bertz CT molecular complexity index is 1510. The number of halogens is 1. The summed E-state index contributed by atoms with van der Waals surface area (Å²) in [7, 11) is 6.72. The molecule has 2 aliphatic rings. The molecule has 0 spiro atoms. The molecule has 198 valence electrons. The highest BCUT2D eigenvalue weighted by Gasteiger charge is 2.67. The van der Waals surface area contributed by atoms with Crippen LogP contribution in [0.1, 0.15) is 27.4 Å². The molecular weight excluding hydrogens is 558 g/mol. The fourth-order valence-corrected chi connectivity index (χ4v) is 6.42. The van der Waals surface area contributed by atoms with Crippen molar-refractivity contribution in [2.75, 3.05) is 38.1 Å². The lowest BCUT2D eigenvalue weighted by Crippen LogP contribution is -2.46. The maximum Gasteiger partial charge on any atom is 0.329 e. The second kappa shape index (κ2) is 10.2. The van der Waals surface area contributed by atoms with Crippen molar-refractivity contribution in [1.29, 1.82) is 5.26 Å². The highest BCUT2D eigenvalue weighted by atomic mass is 79.9. The van der Waals surface area contributed by atoms with Gasteiger partial charge in [-0.25, -0.2) is 0 Å². The lowest BCUT2D eigenvalue weighted by molar-refractivity contribution is -0.150. The average molecular weight is 586 g/mol. The SMILES string of the molecule is COC(=O)[C@]1(C#N)[C@@H]2C=Cc3ccccc3N2[C@@H](C(=O)c2ccc(OC)c(Br)c2)[C@@H]1c1ccc(N(C)C)cc1. The number of para-hydroxylation sites is 1. The van der Waals surface area contributed by atoms with Gasteiger partial charge in [0, 0.05) is 37.0 Å². The molecule has 39 heavy (non-hydrogen) atoms. The van der Waals surface area contributed by atoms with Crippen LogP contribution in [0, 0.1) is 16.7 Å². The van der Waals surface area contributed by atoms with E-state index >= 15 is 0 Å². The molecule has 0 bridgehead atoms. The first-order chi connectivity index (χ1) is 18.8. The number of carbonyl (C=O) groups excluding carboxylic acids is 2. The molecule has 0 N–H and O–H groups in total. The van der Waals surface area contributed by atoms with Gasteiger partial charge < -0.3 is 19.3 Å². The minimum atomic E-state index is -1.68. The summed E-state index contributed by atoms with van der Waals surface area (Å²) in [6.45, 7) is 0. The number of carbonyl (C=O) groups is 2. The number of ether oxygens (including phenoxy) is 2. The summed E-state index contributed by atoms with van der Waals surface area (Å²) in [5.41, 5.74) is 2.12. The summed E-state index contributed by atoms with van der Waals surface area (Å²) in [6.07, 6.45) is 3.76. The number of esters is 1. The quantitative estimate of drug-likeness (QED) is 0.280. The number of rotatable bonds is 6. The largest absolute Gasteiger partial charge is 0.496 e. The monoisotopic (exact) mass is 585 g/mol. The van der Waals surface area contributed by atoms with Crippen LogP contribution in [0.3, 0.4) is 0 Å². The molecule has 0 unspecified atom stereocenters. The van der Waals surface area contributed by atoms with Gasteiger partial charge in [-0.3, -0.25) is 9.59 Å². The Balaban J connectivity index is 1.78. The minimum absolute atomic E-state index is 0.212. The maximum atomic E-state index is 14.5. The fraction of sp³-hybridized carbons (Fsp3) is 0.258. The van der Waals surface area contributed by atoms with E-state index < -0.39 is 29.4 Å². The van der Waals surface area contributed by atoms with Gasteiger partial charge in [0.1, 0.15) is 11.8 Å². The van der Waals surface area contributed by atoms with E-state index in [1.165, 1.54) is 7.11 Å². The Morgan fingerprint density at radius 3 is 2.38 bits per heavy atom. The molecule has 7 nitrogen and oxygen atoms in total. The molecule has 5 rings (SSSR count). The predicted molar refractivity (Wildman–Crippen MR) is 154 cm³/mol. The van der Waals surface area contributed by atoms with Gasteiger partial charge in [0.05, 0.1) is 30.8 Å². The van der Waals surface area contributed by atoms with Gasteiger partial charge in [0.2, 0.25) is 0 Å². The Labute approximate surface area is 236 Å². The van der Waals surface area contributed by atoms with E-state index in [4.69, 9.17) is 9.47 Å². The van der Waals surface area contributed by atoms with E-state index in [0.717, 1.165) is 16.9 Å². The maximum absolute atomic E-state index is 14.5. The molecule has 3 aromatic rings. The number of hydrogen-bond donors (Lipinski definition) is 0. The Morgan fingerprint density at radius 1 is 1.05 bits per heavy atom. The molecule has 3 aromatic carbocycles. The average Bonchev–Trinajstić information content (AvgIpc) is 3.28. The number of nitriles is 1. The summed E-state index contributed by atoms with van der Waals surface area (Å²) >= 11 is 3.50. The second-order valence-corrected chi connectivity index (χ2v) is 10.7. The number of nitrogens with zero attached hydrogens (tertiary/aromatic N) is 3. The third-order valence-electron chi connectivity index (χ3n) is 7.73. The normalized spacial score (nSPS) is 22.9. The number of hydrogen-bond acceptors (Lipinski definition) is 7. The first-order valence-electron chi connectivity index (χ1n) is 12.5. The Kier molecular flexibility index (Phi) is 6.96. The summed E-state index contributed by atoms with van der Waals surface area (Å²) in [5.74, 6) is -1.10. The van der Waals surface area contributed by atoms with Crippen molar-refractivity contribution in [3.63, 3.8) is 0 Å². The van der Waals surface area contributed by atoms with E-state index in [2.05, 4.69) is 22.0 Å². The highest BCUT2D eigenvalue weighted by Crippen LogP contribution is 2.56. The van der Waals surface area contributed by atoms with Gasteiger partial charge in [0.15, 0.2) is 11.2 Å². The topological polar surface area (TPSA) is 82.9 Å². The van der Waals surface area contributed by atoms with Crippen LogP contribution >= 0.6 is 15.9 Å². The van der Waals surface area contributed by atoms with Crippen molar-refractivity contribution in [2.24, 2.45) is 5.41 Å². The van der Waals surface area contributed by atoms with E-state index in [1.54, 1.807) is 25.3 Å². The van der Waals surface area contributed by atoms with E-state index in [9.17, 15) is 14.9 Å². The van der Waals surface area contributed by atoms with Crippen LogP contribution in [-0.2, 0) is 9.53 Å². The lowest BCUT2D eigenvalue weighted by Gasteiger charge is -2.36. The first-order valence-corrected chi connectivity index (χ1v) is 13.3. The van der Waals surface area contributed by atoms with E-state index in [-0.39, 0.29) is 5.78 Å². The van der Waals surface area contributed by atoms with Crippen molar-refractivity contribution in [2.45, 2.75) is 18.0 Å². The number of fused-ring (bicyclic) bond motifs is 3. The number of benzene rings is 3. The fourth-order valence-electron chi connectivity index (χ4n) is 5.88. The second-order valence-electron chi connectivity index (χ2n) is 9.86. The van der Waals surface area contributed by atoms with Crippen LogP contribution in [0.15, 0.2) is 77.3 Å². The van der Waals surface area contributed by atoms with Crippen LogP contribution < -0.4 is 14.5 Å². The molecule has 8 heteroatoms. The molecule has 2 aliphatic heterocycles. The smallest absolute Gasteiger partial charge is 0.329 e. The summed E-state index contributed by atoms with van der Waals surface area (Å²) < 4.78 is 11.3. The summed E-state index contributed by atoms with van der Waals surface area (Å²) in [4.78, 5) is 32.1. The number of anilines is 2. The van der Waals surface area contributed by atoms with Gasteiger partial charge in [0.25, 0.3) is 0 Å². The predicted octanol–water partition coefficient (Wildman–Crippen LogP) is 5.46. The molecular formula is C31H28BrN3O4. The zero-order valence-corrected chi connectivity index (χ0v) is 23.7. The Hall–Kier alpha value is -4.09. The van der Waals surface area contributed by atoms with Crippen molar-refractivity contribution >= 4 is 45.1 Å². The van der Waals surface area contributed by atoms with Crippen LogP contribution in [0.5, 0.6) is 5.75 Å². The van der Waals surface area contributed by atoms with Gasteiger partial charge in [-0.2, -0.15) is 5.26 Å². The molecule has 0 amide bonds. The molecule has 0 aliphatic carbocycles. The van der Waals surface area contributed by atoms with Crippen LogP contribution in [0.25, 0.3) is 6.08 Å². The molecule has 1 fully saturated rings. The van der Waals surface area contributed by atoms with Crippen molar-refractivity contribution in [3.05, 3.63) is 94.0 Å². The standard InChI is InChI=1S/C31H28BrN3O4/c1-34(2)22-13-9-20(10-14-22)27-28(29(36)21-11-15-25(38-3)23(32)17-21)35-24-8-6-5-7-19(24)12-16-26(35)31(27,18-33)30(37)39-4/h5-17,26-28H,1-4H3/t26-,27-,28+,31+/m0/s1. The lowest BCUT2D eigenvalue weighted by atomic mass is 9.68. The number of Topliss-reactive ketones (excluding diaryl/α,β-unsaturated/α-hetero) is 1. The van der Waals surface area contributed by atoms with Crippen LogP contribution in [0.2, 0.25) is 0 Å². The minimum Gasteiger partial charge on any atom is -0.496 e. The molecule has 0 radical (unpaired) electrons. The number of ketones is 1. The highest BCUT2D eigenvalue weighted by molar-refractivity contribution is 9.10. The summed E-state index contributed by atoms with van der Waals surface area (Å²) in [5, 5.41) is 10.8.